The minimum Gasteiger partial charge on any atom is -0.314 e. The topological polar surface area (TPSA) is 27.3 Å². The third-order valence-electron chi connectivity index (χ3n) is 3.47. The first kappa shape index (κ1) is 10.4. The Kier molecular flexibility index (Phi) is 3.79. The first-order valence-corrected chi connectivity index (χ1v) is 5.97. The van der Waals surface area contributed by atoms with Crippen LogP contribution >= 0.6 is 0 Å². The highest BCUT2D eigenvalue weighted by atomic mass is 15.1. The van der Waals surface area contributed by atoms with Gasteiger partial charge in [0.1, 0.15) is 0 Å². The molecule has 2 N–H and O–H groups in total. The SMILES string of the molecule is CN1CCCC(CC2CNCCN2)C1. The molecule has 0 spiro atoms. The number of piperidine rings is 1. The van der Waals surface area contributed by atoms with Crippen molar-refractivity contribution in [1.29, 1.82) is 0 Å². The summed E-state index contributed by atoms with van der Waals surface area (Å²) in [5.41, 5.74) is 0. The van der Waals surface area contributed by atoms with Gasteiger partial charge in [-0.15, -0.1) is 0 Å². The van der Waals surface area contributed by atoms with Crippen LogP contribution in [0.3, 0.4) is 0 Å². The van der Waals surface area contributed by atoms with Gasteiger partial charge in [-0.25, -0.2) is 0 Å². The molecule has 2 aliphatic rings. The molecule has 14 heavy (non-hydrogen) atoms. The molecule has 0 aromatic heterocycles. The Morgan fingerprint density at radius 2 is 2.29 bits per heavy atom. The molecule has 82 valence electrons. The number of likely N-dealkylation sites (tertiary alicyclic amines) is 1. The molecule has 0 aromatic carbocycles. The number of piperazine rings is 1. The highest BCUT2D eigenvalue weighted by molar-refractivity contribution is 4.81. The summed E-state index contributed by atoms with van der Waals surface area (Å²) in [6, 6.07) is 0.722. The maximum Gasteiger partial charge on any atom is 0.0196 e. The Morgan fingerprint density at radius 1 is 1.36 bits per heavy atom. The van der Waals surface area contributed by atoms with Crippen molar-refractivity contribution in [3.63, 3.8) is 0 Å². The monoisotopic (exact) mass is 197 g/mol. The molecular formula is C11H23N3. The lowest BCUT2D eigenvalue weighted by atomic mass is 9.91. The second kappa shape index (κ2) is 5.10. The maximum absolute atomic E-state index is 3.60. The predicted molar refractivity (Wildman–Crippen MR) is 59.5 cm³/mol. The highest BCUT2D eigenvalue weighted by Gasteiger charge is 2.21. The smallest absolute Gasteiger partial charge is 0.0196 e. The van der Waals surface area contributed by atoms with Crippen LogP contribution < -0.4 is 10.6 Å². The minimum atomic E-state index is 0.722. The van der Waals surface area contributed by atoms with E-state index < -0.39 is 0 Å². The van der Waals surface area contributed by atoms with Crippen LogP contribution in [-0.2, 0) is 0 Å². The quantitative estimate of drug-likeness (QED) is 0.666. The van der Waals surface area contributed by atoms with E-state index in [-0.39, 0.29) is 0 Å². The summed E-state index contributed by atoms with van der Waals surface area (Å²) in [6.07, 6.45) is 4.18. The zero-order chi connectivity index (χ0) is 9.80. The molecule has 2 fully saturated rings. The number of hydrogen-bond acceptors (Lipinski definition) is 3. The number of nitrogens with zero attached hydrogens (tertiary/aromatic N) is 1. The van der Waals surface area contributed by atoms with Crippen molar-refractivity contribution in [3.8, 4) is 0 Å². The van der Waals surface area contributed by atoms with Crippen molar-refractivity contribution in [2.24, 2.45) is 5.92 Å². The van der Waals surface area contributed by atoms with E-state index in [0.29, 0.717) is 0 Å². The van der Waals surface area contributed by atoms with E-state index in [1.165, 1.54) is 38.9 Å². The summed E-state index contributed by atoms with van der Waals surface area (Å²) >= 11 is 0. The third-order valence-corrected chi connectivity index (χ3v) is 3.47. The Labute approximate surface area is 87.2 Å². The van der Waals surface area contributed by atoms with Crippen LogP contribution in [0, 0.1) is 5.92 Å². The fourth-order valence-electron chi connectivity index (χ4n) is 2.75. The highest BCUT2D eigenvalue weighted by Crippen LogP contribution is 2.20. The predicted octanol–water partition coefficient (Wildman–Crippen LogP) is 0.280. The molecule has 2 atom stereocenters. The van der Waals surface area contributed by atoms with Gasteiger partial charge in [0.25, 0.3) is 0 Å². The zero-order valence-corrected chi connectivity index (χ0v) is 9.26. The Bertz CT molecular complexity index is 166. The summed E-state index contributed by atoms with van der Waals surface area (Å²) in [4.78, 5) is 2.48. The van der Waals surface area contributed by atoms with E-state index >= 15 is 0 Å². The van der Waals surface area contributed by atoms with Gasteiger partial charge in [-0.1, -0.05) is 0 Å². The molecule has 2 aliphatic heterocycles. The molecule has 0 saturated carbocycles. The molecule has 2 unspecified atom stereocenters. The van der Waals surface area contributed by atoms with Gasteiger partial charge in [-0.2, -0.15) is 0 Å². The third kappa shape index (κ3) is 2.94. The second-order valence-corrected chi connectivity index (χ2v) is 4.86. The van der Waals surface area contributed by atoms with Crippen LogP contribution in [0.1, 0.15) is 19.3 Å². The molecule has 0 bridgehead atoms. The van der Waals surface area contributed by atoms with Gasteiger partial charge in [-0.3, -0.25) is 0 Å². The lowest BCUT2D eigenvalue weighted by Gasteiger charge is -2.33. The first-order chi connectivity index (χ1) is 6.84. The normalized spacial score (nSPS) is 35.8. The lowest BCUT2D eigenvalue weighted by molar-refractivity contribution is 0.186. The van der Waals surface area contributed by atoms with E-state index in [4.69, 9.17) is 0 Å². The summed E-state index contributed by atoms with van der Waals surface area (Å²) in [5, 5.41) is 7.06. The summed E-state index contributed by atoms with van der Waals surface area (Å²) in [7, 11) is 2.25. The van der Waals surface area contributed by atoms with Gasteiger partial charge < -0.3 is 15.5 Å². The first-order valence-electron chi connectivity index (χ1n) is 5.97. The molecule has 0 aromatic rings. The zero-order valence-electron chi connectivity index (χ0n) is 9.26. The van der Waals surface area contributed by atoms with Crippen molar-refractivity contribution in [2.75, 3.05) is 39.8 Å². The van der Waals surface area contributed by atoms with Crippen molar-refractivity contribution < 1.29 is 0 Å². The molecule has 0 amide bonds. The fourth-order valence-corrected chi connectivity index (χ4v) is 2.75. The van der Waals surface area contributed by atoms with Crippen molar-refractivity contribution >= 4 is 0 Å². The summed E-state index contributed by atoms with van der Waals surface area (Å²) < 4.78 is 0. The van der Waals surface area contributed by atoms with E-state index in [1.54, 1.807) is 0 Å². The van der Waals surface area contributed by atoms with Gasteiger partial charge in [-0.05, 0) is 38.8 Å². The van der Waals surface area contributed by atoms with Crippen LogP contribution in [0.2, 0.25) is 0 Å². The molecule has 2 rings (SSSR count). The van der Waals surface area contributed by atoms with Crippen LogP contribution in [0.15, 0.2) is 0 Å². The van der Waals surface area contributed by atoms with Crippen LogP contribution in [-0.4, -0.2) is 50.7 Å². The van der Waals surface area contributed by atoms with E-state index in [2.05, 4.69) is 22.6 Å². The van der Waals surface area contributed by atoms with Gasteiger partial charge >= 0.3 is 0 Å². The summed E-state index contributed by atoms with van der Waals surface area (Å²) in [5.74, 6) is 0.922. The molecule has 2 saturated heterocycles. The largest absolute Gasteiger partial charge is 0.314 e. The molecule has 2 heterocycles. The lowest BCUT2D eigenvalue weighted by Crippen LogP contribution is -2.49. The van der Waals surface area contributed by atoms with E-state index in [0.717, 1.165) is 25.0 Å². The van der Waals surface area contributed by atoms with E-state index in [9.17, 15) is 0 Å². The Balaban J connectivity index is 1.72. The maximum atomic E-state index is 3.60. The van der Waals surface area contributed by atoms with Crippen molar-refractivity contribution in [1.82, 2.24) is 15.5 Å². The average Bonchev–Trinajstić information content (AvgIpc) is 2.19. The molecule has 0 radical (unpaired) electrons. The molecular weight excluding hydrogens is 174 g/mol. The second-order valence-electron chi connectivity index (χ2n) is 4.86. The fraction of sp³-hybridized carbons (Fsp3) is 1.00. The molecule has 3 nitrogen and oxygen atoms in total. The van der Waals surface area contributed by atoms with Gasteiger partial charge in [0.15, 0.2) is 0 Å². The van der Waals surface area contributed by atoms with Crippen molar-refractivity contribution in [2.45, 2.75) is 25.3 Å². The number of hydrogen-bond donors (Lipinski definition) is 2. The van der Waals surface area contributed by atoms with Crippen LogP contribution in [0.25, 0.3) is 0 Å². The molecule has 0 aliphatic carbocycles. The summed E-state index contributed by atoms with van der Waals surface area (Å²) in [6.45, 7) is 6.06. The van der Waals surface area contributed by atoms with Crippen LogP contribution in [0.4, 0.5) is 0 Å². The van der Waals surface area contributed by atoms with Crippen LogP contribution in [0.5, 0.6) is 0 Å². The van der Waals surface area contributed by atoms with Gasteiger partial charge in [0, 0.05) is 32.2 Å². The number of rotatable bonds is 2. The van der Waals surface area contributed by atoms with Gasteiger partial charge in [0.05, 0.1) is 0 Å². The minimum absolute atomic E-state index is 0.722. The Morgan fingerprint density at radius 3 is 3.00 bits per heavy atom. The standard InChI is InChI=1S/C11H23N3/c1-14-6-2-3-10(9-14)7-11-8-12-4-5-13-11/h10-13H,2-9H2,1H3. The average molecular weight is 197 g/mol. The molecule has 3 heteroatoms. The van der Waals surface area contributed by atoms with Gasteiger partial charge in [0.2, 0.25) is 0 Å². The Hall–Kier alpha value is -0.120. The van der Waals surface area contributed by atoms with Crippen molar-refractivity contribution in [3.05, 3.63) is 0 Å². The number of nitrogens with one attached hydrogen (secondary N) is 2. The van der Waals surface area contributed by atoms with E-state index in [1.807, 2.05) is 0 Å².